The monoisotopic (exact) mass is 517 g/mol. The number of carbonyl (C=O) groups excluding carboxylic acids is 1. The zero-order chi connectivity index (χ0) is 19.2. The Morgan fingerprint density at radius 3 is 2.82 bits per heavy atom. The Bertz CT molecular complexity index is 826. The Hall–Kier alpha value is -1.94. The van der Waals surface area contributed by atoms with E-state index in [0.717, 1.165) is 36.6 Å². The number of piperidine rings is 1. The summed E-state index contributed by atoms with van der Waals surface area (Å²) in [5, 5.41) is 7.41. The number of furan rings is 1. The van der Waals surface area contributed by atoms with Crippen molar-refractivity contribution < 1.29 is 9.21 Å². The van der Waals surface area contributed by atoms with Crippen LogP contribution in [0.4, 0.5) is 5.69 Å². The summed E-state index contributed by atoms with van der Waals surface area (Å²) in [6.07, 6.45) is 2.12. The lowest BCUT2D eigenvalue weighted by atomic mass is 10.0. The van der Waals surface area contributed by atoms with Crippen molar-refractivity contribution >= 4 is 53.1 Å². The first-order valence-electron chi connectivity index (χ1n) is 8.92. The fraction of sp³-hybridized carbons (Fsp3) is 0.368. The zero-order valence-corrected chi connectivity index (χ0v) is 18.7. The lowest BCUT2D eigenvalue weighted by Gasteiger charge is -2.35. The molecule has 0 saturated carbocycles. The van der Waals surface area contributed by atoms with Gasteiger partial charge in [0, 0.05) is 26.2 Å². The highest BCUT2D eigenvalue weighted by Gasteiger charge is 2.22. The van der Waals surface area contributed by atoms with Gasteiger partial charge < -0.3 is 25.7 Å². The van der Waals surface area contributed by atoms with Crippen LogP contribution < -0.4 is 21.3 Å². The average molecular weight is 518 g/mol. The highest BCUT2D eigenvalue weighted by atomic mass is 127. The molecule has 1 aliphatic rings. The topological polar surface area (TPSA) is 95.9 Å². The van der Waals surface area contributed by atoms with Crippen LogP contribution in [-0.4, -0.2) is 38.0 Å². The predicted molar refractivity (Wildman–Crippen MR) is 123 cm³/mol. The predicted octanol–water partition coefficient (Wildman–Crippen LogP) is 2.98. The van der Waals surface area contributed by atoms with Gasteiger partial charge in [0.2, 0.25) is 0 Å². The first-order chi connectivity index (χ1) is 13.1. The fourth-order valence-corrected chi connectivity index (χ4v) is 3.44. The number of primary amides is 1. The summed E-state index contributed by atoms with van der Waals surface area (Å²) in [4.78, 5) is 17.7. The smallest absolute Gasteiger partial charge is 0.284 e. The number of halogens is 2. The number of carbonyl (C=O) groups is 1. The van der Waals surface area contributed by atoms with E-state index in [9.17, 15) is 4.79 Å². The molecule has 1 aromatic heterocycles. The quantitative estimate of drug-likeness (QED) is 0.322. The van der Waals surface area contributed by atoms with Gasteiger partial charge in [0.05, 0.1) is 17.3 Å². The second-order valence-corrected chi connectivity index (χ2v) is 6.84. The van der Waals surface area contributed by atoms with Gasteiger partial charge in [0.25, 0.3) is 5.91 Å². The van der Waals surface area contributed by atoms with Crippen molar-refractivity contribution in [2.75, 3.05) is 25.0 Å². The Kier molecular flexibility index (Phi) is 8.43. The Balaban J connectivity index is 0.00000280. The van der Waals surface area contributed by atoms with Crippen LogP contribution in [0, 0.1) is 0 Å². The van der Waals surface area contributed by atoms with E-state index >= 15 is 0 Å². The van der Waals surface area contributed by atoms with Gasteiger partial charge in [0.1, 0.15) is 5.76 Å². The molecule has 4 N–H and O–H groups in total. The molecule has 1 saturated heterocycles. The summed E-state index contributed by atoms with van der Waals surface area (Å²) in [7, 11) is 1.72. The van der Waals surface area contributed by atoms with E-state index in [0.29, 0.717) is 18.3 Å². The minimum absolute atomic E-state index is 0. The van der Waals surface area contributed by atoms with Crippen molar-refractivity contribution in [3.63, 3.8) is 0 Å². The molecule has 0 radical (unpaired) electrons. The van der Waals surface area contributed by atoms with Crippen LogP contribution in [0.25, 0.3) is 0 Å². The molecule has 152 valence electrons. The molecule has 2 aromatic rings. The summed E-state index contributed by atoms with van der Waals surface area (Å²) in [5.74, 6) is 0.870. The number of guanidine groups is 1. The molecule has 1 atom stereocenters. The highest BCUT2D eigenvalue weighted by Crippen LogP contribution is 2.27. The molecule has 0 aliphatic carbocycles. The number of hydrogen-bond acceptors (Lipinski definition) is 4. The fourth-order valence-electron chi connectivity index (χ4n) is 3.19. The van der Waals surface area contributed by atoms with Crippen LogP contribution in [0.15, 0.2) is 45.8 Å². The number of benzene rings is 1. The van der Waals surface area contributed by atoms with Crippen molar-refractivity contribution in [3.05, 3.63) is 52.9 Å². The Morgan fingerprint density at radius 2 is 2.14 bits per heavy atom. The molecule has 3 rings (SSSR count). The Morgan fingerprint density at radius 1 is 1.36 bits per heavy atom. The summed E-state index contributed by atoms with van der Waals surface area (Å²) in [5.41, 5.74) is 6.26. The normalized spacial score (nSPS) is 17.0. The summed E-state index contributed by atoms with van der Waals surface area (Å²) >= 11 is 6.34. The largest absolute Gasteiger partial charge is 0.454 e. The molecule has 1 aromatic carbocycles. The summed E-state index contributed by atoms with van der Waals surface area (Å²) in [6, 6.07) is 11.4. The van der Waals surface area contributed by atoms with Crippen LogP contribution in [0.2, 0.25) is 5.02 Å². The van der Waals surface area contributed by atoms with Gasteiger partial charge in [-0.2, -0.15) is 0 Å². The van der Waals surface area contributed by atoms with Gasteiger partial charge in [-0.15, -0.1) is 24.0 Å². The van der Waals surface area contributed by atoms with E-state index in [2.05, 4.69) is 20.5 Å². The van der Waals surface area contributed by atoms with Gasteiger partial charge in [-0.25, -0.2) is 0 Å². The van der Waals surface area contributed by atoms with Crippen LogP contribution in [0.5, 0.6) is 0 Å². The maximum atomic E-state index is 11.1. The molecule has 1 aliphatic heterocycles. The van der Waals surface area contributed by atoms with Crippen molar-refractivity contribution in [3.8, 4) is 0 Å². The molecular formula is C19H25ClIN5O2. The van der Waals surface area contributed by atoms with Crippen LogP contribution in [0.1, 0.15) is 29.2 Å². The van der Waals surface area contributed by atoms with Gasteiger partial charge >= 0.3 is 0 Å². The lowest BCUT2D eigenvalue weighted by Crippen LogP contribution is -2.51. The van der Waals surface area contributed by atoms with Crippen LogP contribution in [-0.2, 0) is 6.54 Å². The number of nitrogens with two attached hydrogens (primary N) is 1. The number of hydrogen-bond donors (Lipinski definition) is 3. The third-order valence-corrected chi connectivity index (χ3v) is 4.83. The molecule has 1 unspecified atom stereocenters. The number of nitrogens with zero attached hydrogens (tertiary/aromatic N) is 2. The van der Waals surface area contributed by atoms with Crippen molar-refractivity contribution in [1.82, 2.24) is 10.6 Å². The molecule has 9 heteroatoms. The van der Waals surface area contributed by atoms with Crippen molar-refractivity contribution in [1.29, 1.82) is 0 Å². The van der Waals surface area contributed by atoms with Crippen molar-refractivity contribution in [2.24, 2.45) is 10.7 Å². The molecular weight excluding hydrogens is 493 g/mol. The van der Waals surface area contributed by atoms with E-state index in [-0.39, 0.29) is 35.8 Å². The maximum Gasteiger partial charge on any atom is 0.284 e. The molecule has 1 amide bonds. The number of nitrogens with one attached hydrogen (secondary N) is 2. The van der Waals surface area contributed by atoms with Crippen molar-refractivity contribution in [2.45, 2.75) is 25.4 Å². The third kappa shape index (κ3) is 5.78. The minimum atomic E-state index is -0.578. The second kappa shape index (κ2) is 10.6. The highest BCUT2D eigenvalue weighted by molar-refractivity contribution is 14.0. The molecule has 0 spiro atoms. The summed E-state index contributed by atoms with van der Waals surface area (Å²) < 4.78 is 5.38. The van der Waals surface area contributed by atoms with Gasteiger partial charge in [0.15, 0.2) is 11.7 Å². The van der Waals surface area contributed by atoms with Crippen LogP contribution >= 0.6 is 35.6 Å². The lowest BCUT2D eigenvalue weighted by molar-refractivity contribution is 0.0972. The first kappa shape index (κ1) is 22.4. The van der Waals surface area contributed by atoms with Gasteiger partial charge in [-0.1, -0.05) is 23.7 Å². The van der Waals surface area contributed by atoms with E-state index in [1.54, 1.807) is 19.2 Å². The van der Waals surface area contributed by atoms with E-state index in [1.165, 1.54) is 0 Å². The first-order valence-corrected chi connectivity index (χ1v) is 9.30. The minimum Gasteiger partial charge on any atom is -0.454 e. The standard InChI is InChI=1S/C19H24ClN5O2.HI/c1-22-19(23-11-14-8-9-17(27-14)18(21)26)24-13-5-4-10-25(12-13)16-7-3-2-6-15(16)20;/h2-3,6-9,13H,4-5,10-12H2,1H3,(H2,21,26)(H2,22,23,24);1H. The van der Waals surface area contributed by atoms with E-state index in [1.807, 2.05) is 24.3 Å². The van der Waals surface area contributed by atoms with Gasteiger partial charge in [-0.3, -0.25) is 9.79 Å². The molecule has 2 heterocycles. The zero-order valence-electron chi connectivity index (χ0n) is 15.7. The number of rotatable bonds is 5. The molecule has 0 bridgehead atoms. The summed E-state index contributed by atoms with van der Waals surface area (Å²) in [6.45, 7) is 2.24. The number of amides is 1. The van der Waals surface area contributed by atoms with Gasteiger partial charge in [-0.05, 0) is 37.1 Å². The average Bonchev–Trinajstić information content (AvgIpc) is 3.15. The Labute approximate surface area is 186 Å². The molecule has 1 fully saturated rings. The van der Waals surface area contributed by atoms with E-state index in [4.69, 9.17) is 21.8 Å². The van der Waals surface area contributed by atoms with E-state index < -0.39 is 5.91 Å². The maximum absolute atomic E-state index is 11.1. The molecule has 28 heavy (non-hydrogen) atoms. The number of para-hydroxylation sites is 1. The third-order valence-electron chi connectivity index (χ3n) is 4.51. The van der Waals surface area contributed by atoms with Crippen LogP contribution in [0.3, 0.4) is 0 Å². The molecule has 7 nitrogen and oxygen atoms in total. The number of aliphatic imine (C=N–C) groups is 1. The second-order valence-electron chi connectivity index (χ2n) is 6.44. The SMILES string of the molecule is CN=C(NCc1ccc(C(N)=O)o1)NC1CCCN(c2ccccc2Cl)C1.I. The number of anilines is 1.